The number of nitrogens with zero attached hydrogens (tertiary/aromatic N) is 1. The Morgan fingerprint density at radius 3 is 1.13 bits per heavy atom. The number of unbranched alkanes of at least 4 members (excludes halogenated alkanes) is 4. The largest absolute Gasteiger partial charge is 1.00 e. The van der Waals surface area contributed by atoms with Crippen LogP contribution in [0.5, 0.6) is 23.0 Å². The van der Waals surface area contributed by atoms with E-state index >= 15 is 0 Å². The van der Waals surface area contributed by atoms with Crippen molar-refractivity contribution >= 4 is 137 Å². The van der Waals surface area contributed by atoms with Crippen LogP contribution < -0.4 is 29.0 Å². The van der Waals surface area contributed by atoms with Gasteiger partial charge in [-0.15, -0.1) is 44.6 Å². The van der Waals surface area contributed by atoms with Gasteiger partial charge < -0.3 is 53.8 Å². The summed E-state index contributed by atoms with van der Waals surface area (Å²) in [5, 5.41) is 35.1. The maximum absolute atomic E-state index is 14.1. The van der Waals surface area contributed by atoms with Crippen LogP contribution >= 0.6 is 93.5 Å². The number of aliphatic hydroxyl groups is 3. The average molecular weight is 2620 g/mol. The zero-order valence-corrected chi connectivity index (χ0v) is 102. The summed E-state index contributed by atoms with van der Waals surface area (Å²) in [6, 6.07) is 20.9. The number of rotatable bonds is 33. The Balaban J connectivity index is -0.00000161. The number of anilines is 1. The van der Waals surface area contributed by atoms with Gasteiger partial charge in [0.25, 0.3) is 0 Å². The first-order chi connectivity index (χ1) is 63.6. The van der Waals surface area contributed by atoms with E-state index in [2.05, 4.69) is 112 Å². The average Bonchev–Trinajstić information content (AvgIpc) is 1.75. The van der Waals surface area contributed by atoms with Crippen LogP contribution in [0.2, 0.25) is 42.8 Å². The summed E-state index contributed by atoms with van der Waals surface area (Å²) in [5.41, 5.74) is -7.14. The minimum absolute atomic E-state index is 0. The fourth-order valence-electron chi connectivity index (χ4n) is 14.7. The van der Waals surface area contributed by atoms with Crippen molar-refractivity contribution < 1.29 is 174 Å². The molecule has 0 aliphatic carbocycles. The number of aromatic amines is 1. The number of aromatic nitrogens is 1. The van der Waals surface area contributed by atoms with E-state index < -0.39 is 186 Å². The van der Waals surface area contributed by atoms with Gasteiger partial charge in [-0.25, -0.2) is 26.3 Å². The molecule has 3 unspecified atom stereocenters. The van der Waals surface area contributed by atoms with Gasteiger partial charge in [0.1, 0.15) is 66.0 Å². The van der Waals surface area contributed by atoms with E-state index in [1.807, 2.05) is 41.6 Å². The number of H-pyrrole nitrogens is 1. The molecule has 7 aromatic rings. The van der Waals surface area contributed by atoms with Gasteiger partial charge in [0.15, 0.2) is 16.8 Å². The molecule has 3 atom stereocenters. The second-order valence-corrected chi connectivity index (χ2v) is 61.5. The Morgan fingerprint density at radius 2 is 0.844 bits per heavy atom. The smallest absolute Gasteiger partial charge is 0 e. The monoisotopic (exact) mass is 2610 g/mol. The molecule has 6 aromatic carbocycles. The van der Waals surface area contributed by atoms with Crippen molar-refractivity contribution in [3.05, 3.63) is 180 Å². The van der Waals surface area contributed by atoms with Gasteiger partial charge in [-0.1, -0.05) is 173 Å². The van der Waals surface area contributed by atoms with E-state index in [0.717, 1.165) is 59.9 Å². The molecule has 0 fully saturated rings. The van der Waals surface area contributed by atoms with Gasteiger partial charge in [-0.05, 0) is 200 Å². The number of halogens is 26. The van der Waals surface area contributed by atoms with Crippen molar-refractivity contribution in [1.29, 1.82) is 0 Å². The van der Waals surface area contributed by atoms with E-state index in [9.17, 15) is 104 Å². The first-order valence-corrected chi connectivity index (χ1v) is 69.3. The predicted octanol–water partition coefficient (Wildman–Crippen LogP) is 27.8. The number of quaternary nitrogens is 1. The third-order valence-electron chi connectivity index (χ3n) is 21.4. The van der Waals surface area contributed by atoms with Gasteiger partial charge in [-0.2, -0.15) is 52.7 Å². The molecule has 7 rings (SSSR count). The van der Waals surface area contributed by atoms with E-state index in [-0.39, 0.29) is 103 Å². The molecule has 0 aliphatic heterocycles. The Morgan fingerprint density at radius 1 is 0.518 bits per heavy atom. The van der Waals surface area contributed by atoms with Crippen LogP contribution in [-0.4, -0.2) is 153 Å². The fourth-order valence-corrected chi connectivity index (χ4v) is 18.0. The fraction of sp³-hybridized carbons (Fsp3) is 0.535. The number of terminal acetylenes is 1. The van der Waals surface area contributed by atoms with E-state index in [4.69, 9.17) is 65.1 Å². The number of hydrogen-bond acceptors (Lipinski definition) is 9. The van der Waals surface area contributed by atoms with Crippen LogP contribution in [0.1, 0.15) is 208 Å². The van der Waals surface area contributed by atoms with Gasteiger partial charge in [0.05, 0.1) is 71.2 Å². The van der Waals surface area contributed by atoms with Crippen LogP contribution in [0, 0.1) is 73.7 Å². The van der Waals surface area contributed by atoms with Crippen molar-refractivity contribution in [1.82, 2.24) is 4.98 Å². The SMILES string of the molecule is C#CCC(O)(CC(C)(C)c1cc(F)ccc1OC)C(F)(F)F.CC(=O)Nc1c(F)cc(Cl)cc1I.CCCC[N+](CCCC)(CCCC)CCCC.COc1ccc(F)cc1C(C)(C)CC(=O)C(F)(F)F.COc1ccc(F)cc1C(C)(C)CC(O)(CC#C[Si](C)(C)Br)C(F)(F)F.COc1ccc(F)cc1C(C)(C)CC(O)(Cc1cc2cc(Cl)cc(F)c2[nH]1)C(F)(F)F.C[Si](C)(C)C#CCBr.[Cl][Hg][Cl].[F-].[Zn]. The van der Waals surface area contributed by atoms with Crippen molar-refractivity contribution in [2.75, 3.05) is 65.3 Å². The second kappa shape index (κ2) is 62.6. The number of benzene rings is 6. The third kappa shape index (κ3) is 49.0. The molecular formula is C99H129Br2Cl4F19HgIN3O9Si2Zn. The second-order valence-electron chi connectivity index (χ2n) is 37.1. The molecule has 0 radical (unpaired) electrons. The van der Waals surface area contributed by atoms with Gasteiger partial charge in [0.2, 0.25) is 18.4 Å². The maximum atomic E-state index is 14.1. The molecule has 0 aliphatic rings. The number of nitrogens with one attached hydrogen (secondary N) is 2. The van der Waals surface area contributed by atoms with Crippen molar-refractivity contribution in [2.24, 2.45) is 0 Å². The van der Waals surface area contributed by atoms with Crippen LogP contribution in [0.25, 0.3) is 10.9 Å². The Labute approximate surface area is 892 Å². The standard InChI is InChI=1S/C22H21ClF5NO2.C18H23BrF4O2Si.C16H18F4O2.C16H36N.C13H14F4O2.C8H6ClFINO.C6H11BrSi.2ClH.FH.Hg.Zn/c1-20(2,16-9-14(24)4-5-18(16)31-3)11-21(30,22(26,27)28)10-15-7-12-6-13(23)8-17(25)19(12)29-15;1-16(2,14-11-13(20)7-8-15(14)25-3)12-17(24,18(21,22)23)9-6-10-26(4,5)19;1-5-8-15(21,16(18,19)20)10-14(2,3)12-9-11(17)6-7-13(12)22-4;1-5-9-13-17(14-10-6-2,15-11-7-3)16-12-8-4;1-12(2,7-11(18)13(15,16)17)9-6-8(14)4-5-10(9)19-3;1-4(13)12-8-6(10)2-5(9)3-7(8)11;1-8(2,3)6-4-5-7;;;;;/h4-9,29-30H,10-11H2,1-3H3;7-8,11,24H,9,12H2,1-5H3;1,6-7,9,21H,8,10H2,2-4H3;5-16H2,1-4H3;4-6H,7H2,1-3H3;2-3H,1H3,(H,12,13);5H2,1-3H3;3*1H;;/q;;;+1;;;;;;;+2;/p-3. The summed E-state index contributed by atoms with van der Waals surface area (Å²) >= 11 is 18.8. The number of ketones is 1. The third-order valence-corrected chi connectivity index (χ3v) is 25.3. The maximum Gasteiger partial charge on any atom is 0 e. The number of carbonyl (C=O) groups is 2. The summed E-state index contributed by atoms with van der Waals surface area (Å²) < 4.78 is 263. The number of Topliss-reactive ketones (excluding diaryl/α,β-unsaturated/α-hetero) is 1. The molecular weight excluding hydrogens is 2490 g/mol. The van der Waals surface area contributed by atoms with E-state index in [1.54, 1.807) is 6.07 Å². The van der Waals surface area contributed by atoms with Crippen LogP contribution in [0.3, 0.4) is 0 Å². The van der Waals surface area contributed by atoms with Crippen molar-refractivity contribution in [3.8, 4) is 58.3 Å². The number of ether oxygens (including phenoxy) is 4. The van der Waals surface area contributed by atoms with Crippen LogP contribution in [0.15, 0.2) is 103 Å². The molecule has 12 nitrogen and oxygen atoms in total. The summed E-state index contributed by atoms with van der Waals surface area (Å²) in [6.45, 7) is 36.4. The summed E-state index contributed by atoms with van der Waals surface area (Å²) in [7, 11) is 14.3. The molecule has 0 spiro atoms. The van der Waals surface area contributed by atoms with Gasteiger partial charge >= 0.3 is 63.3 Å². The predicted molar refractivity (Wildman–Crippen MR) is 540 cm³/mol. The molecule has 1 amide bonds. The quantitative estimate of drug-likeness (QED) is 0.00513. The van der Waals surface area contributed by atoms with E-state index in [1.165, 1.54) is 215 Å². The Bertz CT molecular complexity index is 5140. The Kier molecular flexibility index (Phi) is 62.4. The molecule has 1 aromatic heterocycles. The van der Waals surface area contributed by atoms with Gasteiger partial charge in [0, 0.05) is 104 Å². The molecule has 0 saturated heterocycles. The number of hydrogen-bond donors (Lipinski definition) is 5. The topological polar surface area (TPSA) is 160 Å². The number of methoxy groups -OCH3 is 4. The first-order valence-electron chi connectivity index (χ1n) is 44.0. The summed E-state index contributed by atoms with van der Waals surface area (Å²) in [5.74, 6) is 2.51. The normalized spacial score (nSPS) is 13.0. The Hall–Kier alpha value is -4.77. The number of amides is 1. The summed E-state index contributed by atoms with van der Waals surface area (Å²) in [6.07, 6.45) is -9.10. The molecule has 5 N–H and O–H groups in total. The van der Waals surface area contributed by atoms with Gasteiger partial charge in [-0.3, -0.25) is 9.59 Å². The summed E-state index contributed by atoms with van der Waals surface area (Å²) in [4.78, 5) is 24.4. The van der Waals surface area contributed by atoms with Crippen molar-refractivity contribution in [2.45, 2.75) is 282 Å². The molecule has 141 heavy (non-hydrogen) atoms. The zero-order valence-electron chi connectivity index (χ0n) is 83.5. The van der Waals surface area contributed by atoms with Crippen molar-refractivity contribution in [3.63, 3.8) is 0 Å². The minimum Gasteiger partial charge on any atom is -1.00 e. The van der Waals surface area contributed by atoms with Crippen LogP contribution in [0.4, 0.5) is 84.7 Å². The number of carbonyl (C=O) groups excluding carboxylic acids is 2. The zero-order chi connectivity index (χ0) is 108. The van der Waals surface area contributed by atoms with E-state index in [0.29, 0.717) is 8.59 Å². The van der Waals surface area contributed by atoms with Crippen LogP contribution in [-0.2, 0) is 79.3 Å². The molecule has 0 bridgehead atoms. The minimum atomic E-state index is -5.02. The first kappa shape index (κ1) is 140. The number of fused-ring (bicyclic) bond motifs is 1. The molecule has 42 heteroatoms. The number of alkyl halides is 13. The molecule has 0 saturated carbocycles. The molecule has 1 heterocycles. The molecule has 788 valence electrons.